The Kier molecular flexibility index (Phi) is 6.85. The Bertz CT molecular complexity index is 273. The Labute approximate surface area is 98.0 Å². The lowest BCUT2D eigenvalue weighted by Crippen LogP contribution is -2.16. The summed E-state index contributed by atoms with van der Waals surface area (Å²) < 4.78 is 7.53. The molecule has 92 valence electrons. The van der Waals surface area contributed by atoms with Gasteiger partial charge in [0.1, 0.15) is 0 Å². The fourth-order valence-corrected chi connectivity index (χ4v) is 1.47. The molecule has 0 saturated carbocycles. The standard InChI is InChI=1S/C12H23N3O/c1-3-8-16-9-7-15-10-12(14-11-15)5-6-13-4-2/h10-11,13H,3-9H2,1-2H3. The van der Waals surface area contributed by atoms with Crippen LogP contribution in [0.1, 0.15) is 26.0 Å². The summed E-state index contributed by atoms with van der Waals surface area (Å²) >= 11 is 0. The Balaban J connectivity index is 2.17. The molecule has 0 fully saturated rings. The van der Waals surface area contributed by atoms with E-state index >= 15 is 0 Å². The molecule has 0 unspecified atom stereocenters. The predicted octanol–water partition coefficient (Wildman–Crippen LogP) is 1.46. The van der Waals surface area contributed by atoms with Crippen LogP contribution in [0.5, 0.6) is 0 Å². The number of aromatic nitrogens is 2. The first-order valence-corrected chi connectivity index (χ1v) is 6.16. The van der Waals surface area contributed by atoms with E-state index in [0.29, 0.717) is 0 Å². The van der Waals surface area contributed by atoms with Gasteiger partial charge in [-0.1, -0.05) is 13.8 Å². The lowest BCUT2D eigenvalue weighted by Gasteiger charge is -2.02. The second-order valence-electron chi connectivity index (χ2n) is 3.82. The lowest BCUT2D eigenvalue weighted by molar-refractivity contribution is 0.127. The summed E-state index contributed by atoms with van der Waals surface area (Å²) in [6.45, 7) is 8.78. The SMILES string of the molecule is CCCOCCn1cnc(CCNCC)c1. The lowest BCUT2D eigenvalue weighted by atomic mass is 10.3. The zero-order valence-electron chi connectivity index (χ0n) is 10.4. The molecule has 1 aromatic rings. The van der Waals surface area contributed by atoms with E-state index in [2.05, 4.69) is 34.9 Å². The van der Waals surface area contributed by atoms with Crippen molar-refractivity contribution in [1.29, 1.82) is 0 Å². The van der Waals surface area contributed by atoms with Gasteiger partial charge in [-0.2, -0.15) is 0 Å². The number of hydrogen-bond acceptors (Lipinski definition) is 3. The zero-order chi connectivity index (χ0) is 11.6. The van der Waals surface area contributed by atoms with E-state index in [0.717, 1.165) is 51.4 Å². The van der Waals surface area contributed by atoms with Crippen molar-refractivity contribution in [2.24, 2.45) is 0 Å². The van der Waals surface area contributed by atoms with Crippen molar-refractivity contribution >= 4 is 0 Å². The summed E-state index contributed by atoms with van der Waals surface area (Å²) in [4.78, 5) is 4.35. The summed E-state index contributed by atoms with van der Waals surface area (Å²) in [7, 11) is 0. The predicted molar refractivity (Wildman–Crippen MR) is 65.6 cm³/mol. The molecule has 1 rings (SSSR count). The van der Waals surface area contributed by atoms with Crippen LogP contribution < -0.4 is 5.32 Å². The highest BCUT2D eigenvalue weighted by Crippen LogP contribution is 1.97. The molecule has 0 aliphatic heterocycles. The minimum atomic E-state index is 0.775. The number of imidazole rings is 1. The molecule has 0 radical (unpaired) electrons. The van der Waals surface area contributed by atoms with Crippen molar-refractivity contribution in [1.82, 2.24) is 14.9 Å². The fraction of sp³-hybridized carbons (Fsp3) is 0.750. The van der Waals surface area contributed by atoms with Gasteiger partial charge < -0.3 is 14.6 Å². The van der Waals surface area contributed by atoms with Gasteiger partial charge in [0.2, 0.25) is 0 Å². The Morgan fingerprint density at radius 1 is 1.38 bits per heavy atom. The van der Waals surface area contributed by atoms with E-state index in [9.17, 15) is 0 Å². The van der Waals surface area contributed by atoms with Crippen LogP contribution in [0, 0.1) is 0 Å². The summed E-state index contributed by atoms with van der Waals surface area (Å²) in [6.07, 6.45) is 6.07. The Morgan fingerprint density at radius 3 is 3.00 bits per heavy atom. The first-order valence-electron chi connectivity index (χ1n) is 6.16. The molecule has 4 heteroatoms. The normalized spacial score (nSPS) is 10.9. The van der Waals surface area contributed by atoms with Gasteiger partial charge in [-0.3, -0.25) is 0 Å². The van der Waals surface area contributed by atoms with E-state index in [-0.39, 0.29) is 0 Å². The molecule has 0 aromatic carbocycles. The maximum absolute atomic E-state index is 5.43. The first-order chi connectivity index (χ1) is 7.86. The number of nitrogens with zero attached hydrogens (tertiary/aromatic N) is 2. The van der Waals surface area contributed by atoms with Crippen LogP contribution in [-0.4, -0.2) is 35.9 Å². The molecule has 16 heavy (non-hydrogen) atoms. The van der Waals surface area contributed by atoms with Gasteiger partial charge in [0.05, 0.1) is 18.6 Å². The van der Waals surface area contributed by atoms with Crippen molar-refractivity contribution < 1.29 is 4.74 Å². The number of nitrogens with one attached hydrogen (secondary N) is 1. The summed E-state index contributed by atoms with van der Waals surface area (Å²) in [5, 5.41) is 3.29. The molecule has 0 bridgehead atoms. The largest absolute Gasteiger partial charge is 0.380 e. The monoisotopic (exact) mass is 225 g/mol. The quantitative estimate of drug-likeness (QED) is 0.647. The van der Waals surface area contributed by atoms with Crippen LogP contribution in [0.4, 0.5) is 0 Å². The van der Waals surface area contributed by atoms with Gasteiger partial charge in [0.25, 0.3) is 0 Å². The minimum Gasteiger partial charge on any atom is -0.380 e. The zero-order valence-corrected chi connectivity index (χ0v) is 10.4. The molecule has 0 atom stereocenters. The topological polar surface area (TPSA) is 39.1 Å². The van der Waals surface area contributed by atoms with Crippen LogP contribution in [0.15, 0.2) is 12.5 Å². The second kappa shape index (κ2) is 8.30. The summed E-state index contributed by atoms with van der Waals surface area (Å²) in [5.74, 6) is 0. The van der Waals surface area contributed by atoms with Crippen molar-refractivity contribution in [3.05, 3.63) is 18.2 Å². The third kappa shape index (κ3) is 5.28. The molecule has 0 spiro atoms. The van der Waals surface area contributed by atoms with E-state index in [1.54, 1.807) is 0 Å². The molecule has 1 N–H and O–H groups in total. The second-order valence-corrected chi connectivity index (χ2v) is 3.82. The molecular formula is C12H23N3O. The number of ether oxygens (including phenoxy) is 1. The molecule has 0 amide bonds. The van der Waals surface area contributed by atoms with Crippen LogP contribution in [0.25, 0.3) is 0 Å². The van der Waals surface area contributed by atoms with Gasteiger partial charge in [-0.25, -0.2) is 4.98 Å². The molecule has 4 nitrogen and oxygen atoms in total. The van der Waals surface area contributed by atoms with Crippen LogP contribution in [-0.2, 0) is 17.7 Å². The van der Waals surface area contributed by atoms with Gasteiger partial charge in [0, 0.05) is 32.3 Å². The van der Waals surface area contributed by atoms with E-state index < -0.39 is 0 Å². The number of rotatable bonds is 9. The van der Waals surface area contributed by atoms with E-state index in [1.807, 2.05) is 6.33 Å². The smallest absolute Gasteiger partial charge is 0.0950 e. The third-order valence-corrected chi connectivity index (χ3v) is 2.34. The van der Waals surface area contributed by atoms with Gasteiger partial charge in [-0.15, -0.1) is 0 Å². The number of likely N-dealkylation sites (N-methyl/N-ethyl adjacent to an activating group) is 1. The van der Waals surface area contributed by atoms with E-state index in [4.69, 9.17) is 4.74 Å². The maximum Gasteiger partial charge on any atom is 0.0950 e. The first kappa shape index (κ1) is 13.2. The summed E-state index contributed by atoms with van der Waals surface area (Å²) in [5.41, 5.74) is 1.15. The molecule has 0 aliphatic rings. The molecule has 0 saturated heterocycles. The molecular weight excluding hydrogens is 202 g/mol. The van der Waals surface area contributed by atoms with E-state index in [1.165, 1.54) is 0 Å². The average molecular weight is 225 g/mol. The third-order valence-electron chi connectivity index (χ3n) is 2.34. The van der Waals surface area contributed by atoms with Gasteiger partial charge in [0.15, 0.2) is 0 Å². The van der Waals surface area contributed by atoms with Crippen molar-refractivity contribution in [2.75, 3.05) is 26.3 Å². The van der Waals surface area contributed by atoms with Gasteiger partial charge >= 0.3 is 0 Å². The number of hydrogen-bond donors (Lipinski definition) is 1. The van der Waals surface area contributed by atoms with Crippen LogP contribution in [0.2, 0.25) is 0 Å². The minimum absolute atomic E-state index is 0.775. The fourth-order valence-electron chi connectivity index (χ4n) is 1.47. The van der Waals surface area contributed by atoms with Crippen LogP contribution in [0.3, 0.4) is 0 Å². The highest BCUT2D eigenvalue weighted by molar-refractivity contribution is 4.97. The molecule has 0 aliphatic carbocycles. The Morgan fingerprint density at radius 2 is 2.25 bits per heavy atom. The van der Waals surface area contributed by atoms with Crippen molar-refractivity contribution in [2.45, 2.75) is 33.2 Å². The average Bonchev–Trinajstić information content (AvgIpc) is 2.73. The van der Waals surface area contributed by atoms with Crippen molar-refractivity contribution in [3.8, 4) is 0 Å². The van der Waals surface area contributed by atoms with Gasteiger partial charge in [-0.05, 0) is 13.0 Å². The summed E-state index contributed by atoms with van der Waals surface area (Å²) in [6, 6.07) is 0. The molecule has 1 heterocycles. The maximum atomic E-state index is 5.43. The Hall–Kier alpha value is -0.870. The van der Waals surface area contributed by atoms with Crippen molar-refractivity contribution in [3.63, 3.8) is 0 Å². The highest BCUT2D eigenvalue weighted by Gasteiger charge is 1.98. The highest BCUT2D eigenvalue weighted by atomic mass is 16.5. The van der Waals surface area contributed by atoms with Crippen LogP contribution >= 0.6 is 0 Å². The molecule has 1 aromatic heterocycles.